The normalized spacial score (nSPS) is 13.5. The number of nitrogens with one attached hydrogen (secondary N) is 2. The Bertz CT molecular complexity index is 1230. The van der Waals surface area contributed by atoms with Crippen LogP contribution in [0.4, 0.5) is 10.5 Å². The lowest BCUT2D eigenvalue weighted by atomic mass is 9.96. The van der Waals surface area contributed by atoms with Gasteiger partial charge in [-0.25, -0.2) is 4.79 Å². The van der Waals surface area contributed by atoms with Crippen molar-refractivity contribution in [2.45, 2.75) is 85.0 Å². The van der Waals surface area contributed by atoms with Crippen LogP contribution >= 0.6 is 11.6 Å². The number of para-hydroxylation sites is 1. The Balaban J connectivity index is 2.63. The van der Waals surface area contributed by atoms with E-state index in [0.717, 1.165) is 12.0 Å². The van der Waals surface area contributed by atoms with Gasteiger partial charge in [-0.05, 0) is 82.7 Å². The van der Waals surface area contributed by atoms with Crippen LogP contribution in [0, 0.1) is 25.2 Å². The van der Waals surface area contributed by atoms with Gasteiger partial charge in [0.15, 0.2) is 0 Å². The molecule has 0 heterocycles. The van der Waals surface area contributed by atoms with Crippen LogP contribution in [0.1, 0.15) is 77.1 Å². The summed E-state index contributed by atoms with van der Waals surface area (Å²) >= 11 is 6.42. The predicted molar refractivity (Wildman–Crippen MR) is 163 cm³/mol. The second-order valence-corrected chi connectivity index (χ2v) is 11.9. The van der Waals surface area contributed by atoms with Crippen LogP contribution in [0.2, 0.25) is 5.02 Å². The number of benzene rings is 2. The molecule has 0 bridgehead atoms. The van der Waals surface area contributed by atoms with Gasteiger partial charge in [0.1, 0.15) is 17.7 Å². The van der Waals surface area contributed by atoms with Crippen LogP contribution in [0.25, 0.3) is 0 Å². The maximum absolute atomic E-state index is 14.1. The fourth-order valence-electron chi connectivity index (χ4n) is 4.31. The molecule has 3 amide bonds. The van der Waals surface area contributed by atoms with E-state index in [1.165, 1.54) is 4.90 Å². The smallest absolute Gasteiger partial charge is 0.408 e. The molecule has 0 spiro atoms. The second kappa shape index (κ2) is 14.9. The van der Waals surface area contributed by atoms with Crippen LogP contribution in [0.3, 0.4) is 0 Å². The Labute approximate surface area is 248 Å². The van der Waals surface area contributed by atoms with Crippen molar-refractivity contribution in [1.29, 1.82) is 0 Å². The number of anilines is 1. The monoisotopic (exact) mass is 583 g/mol. The summed E-state index contributed by atoms with van der Waals surface area (Å²) < 4.78 is 5.32. The molecule has 2 aromatic rings. The molecule has 3 unspecified atom stereocenters. The third-order valence-corrected chi connectivity index (χ3v) is 6.77. The highest BCUT2D eigenvalue weighted by Gasteiger charge is 2.39. The molecule has 8 nitrogen and oxygen atoms in total. The molecule has 0 saturated carbocycles. The molecule has 3 N–H and O–H groups in total. The molecule has 222 valence electrons. The van der Waals surface area contributed by atoms with Crippen molar-refractivity contribution in [2.75, 3.05) is 11.9 Å². The second-order valence-electron chi connectivity index (χ2n) is 11.5. The van der Waals surface area contributed by atoms with Crippen LogP contribution in [0.5, 0.6) is 0 Å². The maximum Gasteiger partial charge on any atom is 0.408 e. The molecule has 0 radical (unpaired) electrons. The van der Waals surface area contributed by atoms with Crippen LogP contribution < -0.4 is 10.6 Å². The van der Waals surface area contributed by atoms with Gasteiger partial charge in [0.05, 0.1) is 17.3 Å². The van der Waals surface area contributed by atoms with E-state index in [0.29, 0.717) is 34.2 Å². The number of aliphatic hydroxyl groups is 1. The molecular weight excluding hydrogens is 542 g/mol. The topological polar surface area (TPSA) is 108 Å². The standard InChI is InChI=1S/C32H42ClN3O5/c1-9-23-15-17-24(18-16-23)28(29(38)35-27-21(4)11-10-12-25(27)33)36(22(5)14-13-20(2)3)30(39)26(19-37)34-31(40)41-32(6,7)8/h1,10-12,15-18,20,22,26,28,37H,13-14,19H2,2-8H3,(H,34,40)(H,35,38). The van der Waals surface area contributed by atoms with E-state index in [4.69, 9.17) is 22.8 Å². The predicted octanol–water partition coefficient (Wildman–Crippen LogP) is 5.85. The molecule has 0 aliphatic carbocycles. The molecular formula is C32H42ClN3O5. The third-order valence-electron chi connectivity index (χ3n) is 6.45. The van der Waals surface area contributed by atoms with Crippen molar-refractivity contribution < 1.29 is 24.2 Å². The number of aryl methyl sites for hydroxylation is 1. The number of carbonyl (C=O) groups is 3. The highest BCUT2D eigenvalue weighted by atomic mass is 35.5. The largest absolute Gasteiger partial charge is 0.444 e. The van der Waals surface area contributed by atoms with Gasteiger partial charge >= 0.3 is 6.09 Å². The van der Waals surface area contributed by atoms with Gasteiger partial charge in [0.2, 0.25) is 5.91 Å². The quantitative estimate of drug-likeness (QED) is 0.288. The lowest BCUT2D eigenvalue weighted by Crippen LogP contribution is -2.56. The number of aliphatic hydroxyl groups excluding tert-OH is 1. The summed E-state index contributed by atoms with van der Waals surface area (Å²) in [5.41, 5.74) is 1.48. The summed E-state index contributed by atoms with van der Waals surface area (Å²) in [5.74, 6) is 1.76. The summed E-state index contributed by atoms with van der Waals surface area (Å²) in [6.45, 7) is 12.2. The Morgan fingerprint density at radius 3 is 2.22 bits per heavy atom. The number of amides is 3. The molecule has 0 aliphatic heterocycles. The van der Waals surface area contributed by atoms with E-state index in [-0.39, 0.29) is 0 Å². The molecule has 9 heteroatoms. The van der Waals surface area contributed by atoms with Crippen LogP contribution in [-0.2, 0) is 14.3 Å². The van der Waals surface area contributed by atoms with E-state index in [1.54, 1.807) is 57.2 Å². The molecule has 3 atom stereocenters. The first-order valence-electron chi connectivity index (χ1n) is 13.7. The minimum absolute atomic E-state index is 0.343. The number of terminal acetylenes is 1. The van der Waals surface area contributed by atoms with Gasteiger partial charge in [-0.1, -0.05) is 55.6 Å². The lowest BCUT2D eigenvalue weighted by Gasteiger charge is -2.38. The first-order valence-corrected chi connectivity index (χ1v) is 14.1. The Morgan fingerprint density at radius 1 is 1.07 bits per heavy atom. The number of hydrogen-bond acceptors (Lipinski definition) is 5. The number of alkyl carbamates (subject to hydrolysis) is 1. The Hall–Kier alpha value is -3.54. The Morgan fingerprint density at radius 2 is 1.71 bits per heavy atom. The summed E-state index contributed by atoms with van der Waals surface area (Å²) in [6, 6.07) is 9.11. The van der Waals surface area contributed by atoms with E-state index in [9.17, 15) is 19.5 Å². The summed E-state index contributed by atoms with van der Waals surface area (Å²) in [6.07, 6.45) is 6.05. The van der Waals surface area contributed by atoms with Crippen molar-refractivity contribution in [1.82, 2.24) is 10.2 Å². The number of nitrogens with zero attached hydrogens (tertiary/aromatic N) is 1. The molecule has 0 fully saturated rings. The highest BCUT2D eigenvalue weighted by molar-refractivity contribution is 6.34. The van der Waals surface area contributed by atoms with E-state index >= 15 is 0 Å². The van der Waals surface area contributed by atoms with Crippen LogP contribution in [0.15, 0.2) is 42.5 Å². The van der Waals surface area contributed by atoms with Gasteiger partial charge in [-0.2, -0.15) is 0 Å². The van der Waals surface area contributed by atoms with E-state index in [1.807, 2.05) is 19.9 Å². The first kappa shape index (κ1) is 33.7. The maximum atomic E-state index is 14.1. The van der Waals surface area contributed by atoms with E-state index < -0.39 is 48.2 Å². The Kier molecular flexibility index (Phi) is 12.2. The molecule has 2 rings (SSSR count). The van der Waals surface area contributed by atoms with Crippen molar-refractivity contribution in [3.8, 4) is 12.3 Å². The number of rotatable bonds is 11. The lowest BCUT2D eigenvalue weighted by molar-refractivity contribution is -0.144. The molecule has 0 aromatic heterocycles. The fourth-order valence-corrected chi connectivity index (χ4v) is 4.58. The van der Waals surface area contributed by atoms with Gasteiger partial charge in [0, 0.05) is 11.6 Å². The molecule has 2 aromatic carbocycles. The number of hydrogen-bond donors (Lipinski definition) is 3. The summed E-state index contributed by atoms with van der Waals surface area (Å²) in [4.78, 5) is 42.2. The minimum atomic E-state index is -1.35. The molecule has 41 heavy (non-hydrogen) atoms. The van der Waals surface area contributed by atoms with Crippen LogP contribution in [-0.4, -0.2) is 52.2 Å². The zero-order valence-electron chi connectivity index (χ0n) is 25.0. The van der Waals surface area contributed by atoms with Gasteiger partial charge in [-0.15, -0.1) is 6.42 Å². The van der Waals surface area contributed by atoms with Crippen molar-refractivity contribution in [3.63, 3.8) is 0 Å². The summed E-state index contributed by atoms with van der Waals surface area (Å²) in [7, 11) is 0. The van der Waals surface area contributed by atoms with Crippen molar-refractivity contribution in [2.24, 2.45) is 5.92 Å². The van der Waals surface area contributed by atoms with Crippen molar-refractivity contribution >= 4 is 35.2 Å². The highest BCUT2D eigenvalue weighted by Crippen LogP contribution is 2.31. The SMILES string of the molecule is C#Cc1ccc(C(C(=O)Nc2c(C)cccc2Cl)N(C(=O)C(CO)NC(=O)OC(C)(C)C)C(C)CCC(C)C)cc1. The molecule has 0 saturated heterocycles. The number of halogens is 1. The zero-order chi connectivity index (χ0) is 30.9. The average Bonchev–Trinajstić information content (AvgIpc) is 2.89. The number of carbonyl (C=O) groups excluding carboxylic acids is 3. The first-order chi connectivity index (χ1) is 19.2. The zero-order valence-corrected chi connectivity index (χ0v) is 25.7. The van der Waals surface area contributed by atoms with Crippen molar-refractivity contribution in [3.05, 3.63) is 64.2 Å². The van der Waals surface area contributed by atoms with Gasteiger partial charge in [0.25, 0.3) is 5.91 Å². The minimum Gasteiger partial charge on any atom is -0.444 e. The summed E-state index contributed by atoms with van der Waals surface area (Å²) in [5, 5.41) is 15.9. The number of ether oxygens (including phenoxy) is 1. The van der Waals surface area contributed by atoms with Gasteiger partial charge < -0.3 is 25.4 Å². The average molecular weight is 584 g/mol. The molecule has 0 aliphatic rings. The fraction of sp³-hybridized carbons (Fsp3) is 0.469. The van der Waals surface area contributed by atoms with E-state index in [2.05, 4.69) is 30.4 Å². The van der Waals surface area contributed by atoms with Gasteiger partial charge in [-0.3, -0.25) is 9.59 Å². The third kappa shape index (κ3) is 9.80.